The van der Waals surface area contributed by atoms with Gasteiger partial charge < -0.3 is 15.6 Å². The summed E-state index contributed by atoms with van der Waals surface area (Å²) in [5.41, 5.74) is 5.94. The monoisotopic (exact) mass is 195 g/mol. The minimum Gasteiger partial charge on any atom is -0.508 e. The molecule has 0 aliphatic rings. The molecular formula is C11H17NO2. The van der Waals surface area contributed by atoms with Gasteiger partial charge in [-0.25, -0.2) is 0 Å². The van der Waals surface area contributed by atoms with Gasteiger partial charge in [0.25, 0.3) is 0 Å². The molecule has 3 heteroatoms. The number of aromatic hydroxyl groups is 1. The van der Waals surface area contributed by atoms with Crippen LogP contribution in [0, 0.1) is 0 Å². The number of hydrogen-bond donors (Lipinski definition) is 2. The summed E-state index contributed by atoms with van der Waals surface area (Å²) < 4.78 is 5.63. The van der Waals surface area contributed by atoms with Crippen molar-refractivity contribution in [2.45, 2.75) is 32.9 Å². The number of ether oxygens (including phenoxy) is 1. The maximum Gasteiger partial charge on any atom is 0.120 e. The molecule has 3 nitrogen and oxygen atoms in total. The second-order valence-electron chi connectivity index (χ2n) is 4.21. The molecule has 1 aromatic carbocycles. The number of phenolic OH excluding ortho intramolecular Hbond substituents is 1. The third-order valence-electron chi connectivity index (χ3n) is 1.69. The molecule has 0 amide bonds. The first-order chi connectivity index (χ1) is 6.42. The maximum atomic E-state index is 9.40. The molecular weight excluding hydrogens is 178 g/mol. The summed E-state index contributed by atoms with van der Waals surface area (Å²) in [7, 11) is 0. The summed E-state index contributed by atoms with van der Waals surface area (Å²) in [6.45, 7) is 6.24. The van der Waals surface area contributed by atoms with E-state index in [1.165, 1.54) is 0 Å². The fourth-order valence-corrected chi connectivity index (χ4v) is 1.14. The van der Waals surface area contributed by atoms with Crippen LogP contribution >= 0.6 is 0 Å². The van der Waals surface area contributed by atoms with Gasteiger partial charge >= 0.3 is 0 Å². The molecule has 0 saturated carbocycles. The first kappa shape index (κ1) is 10.9. The first-order valence-corrected chi connectivity index (χ1v) is 4.63. The van der Waals surface area contributed by atoms with Crippen LogP contribution in [0.3, 0.4) is 0 Å². The Balaban J connectivity index is 2.90. The minimum absolute atomic E-state index is 0.216. The molecule has 0 spiro atoms. The van der Waals surface area contributed by atoms with Gasteiger partial charge in [0.2, 0.25) is 0 Å². The highest BCUT2D eigenvalue weighted by atomic mass is 16.5. The van der Waals surface area contributed by atoms with Gasteiger partial charge in [-0.05, 0) is 39.0 Å². The molecule has 0 heterocycles. The molecule has 0 unspecified atom stereocenters. The highest BCUT2D eigenvalue weighted by Gasteiger charge is 2.12. The van der Waals surface area contributed by atoms with Crippen LogP contribution in [0.1, 0.15) is 26.3 Å². The highest BCUT2D eigenvalue weighted by Crippen LogP contribution is 2.25. The van der Waals surface area contributed by atoms with E-state index < -0.39 is 0 Å². The molecule has 0 atom stereocenters. The van der Waals surface area contributed by atoms with Crippen molar-refractivity contribution in [1.29, 1.82) is 0 Å². The fraction of sp³-hybridized carbons (Fsp3) is 0.455. The summed E-state index contributed by atoms with van der Waals surface area (Å²) in [5.74, 6) is 0.949. The van der Waals surface area contributed by atoms with Gasteiger partial charge in [-0.15, -0.1) is 0 Å². The molecule has 1 aromatic rings. The van der Waals surface area contributed by atoms with Gasteiger partial charge in [-0.2, -0.15) is 0 Å². The Kier molecular flexibility index (Phi) is 3.01. The average molecular weight is 195 g/mol. The Labute approximate surface area is 84.5 Å². The summed E-state index contributed by atoms with van der Waals surface area (Å²) >= 11 is 0. The van der Waals surface area contributed by atoms with Crippen LogP contribution in [0.15, 0.2) is 18.2 Å². The van der Waals surface area contributed by atoms with Crippen LogP contribution < -0.4 is 10.5 Å². The second-order valence-corrected chi connectivity index (χ2v) is 4.21. The van der Waals surface area contributed by atoms with E-state index in [4.69, 9.17) is 10.5 Å². The lowest BCUT2D eigenvalue weighted by Crippen LogP contribution is -2.23. The van der Waals surface area contributed by atoms with Crippen molar-refractivity contribution in [3.05, 3.63) is 23.8 Å². The van der Waals surface area contributed by atoms with Crippen molar-refractivity contribution in [2.24, 2.45) is 5.73 Å². The smallest absolute Gasteiger partial charge is 0.120 e. The highest BCUT2D eigenvalue weighted by molar-refractivity contribution is 5.39. The van der Waals surface area contributed by atoms with E-state index in [1.807, 2.05) is 20.8 Å². The van der Waals surface area contributed by atoms with E-state index in [-0.39, 0.29) is 11.4 Å². The second kappa shape index (κ2) is 3.88. The van der Waals surface area contributed by atoms with E-state index in [0.29, 0.717) is 12.1 Å². The molecule has 3 N–H and O–H groups in total. The normalized spacial score (nSPS) is 11.4. The summed E-state index contributed by atoms with van der Waals surface area (Å²) in [4.78, 5) is 0. The van der Waals surface area contributed by atoms with Gasteiger partial charge in [0.15, 0.2) is 0 Å². The van der Waals surface area contributed by atoms with Crippen molar-refractivity contribution >= 4 is 0 Å². The van der Waals surface area contributed by atoms with E-state index in [2.05, 4.69) is 0 Å². The quantitative estimate of drug-likeness (QED) is 0.759. The molecule has 0 aliphatic carbocycles. The zero-order chi connectivity index (χ0) is 10.8. The molecule has 14 heavy (non-hydrogen) atoms. The molecule has 0 fully saturated rings. The number of phenols is 1. The zero-order valence-corrected chi connectivity index (χ0v) is 8.87. The molecule has 0 bridgehead atoms. The van der Waals surface area contributed by atoms with Gasteiger partial charge in [-0.1, -0.05) is 0 Å². The van der Waals surface area contributed by atoms with Crippen LogP contribution in [-0.4, -0.2) is 10.7 Å². The maximum absolute atomic E-state index is 9.40. The van der Waals surface area contributed by atoms with Crippen molar-refractivity contribution in [3.8, 4) is 11.5 Å². The molecule has 0 saturated heterocycles. The SMILES string of the molecule is CC(C)(C)Oc1ccc(O)c(CN)c1. The topological polar surface area (TPSA) is 55.5 Å². The Morgan fingerprint density at radius 2 is 2.00 bits per heavy atom. The lowest BCUT2D eigenvalue weighted by molar-refractivity contribution is 0.130. The predicted molar refractivity (Wildman–Crippen MR) is 56.4 cm³/mol. The molecule has 1 rings (SSSR count). The Hall–Kier alpha value is -1.22. The van der Waals surface area contributed by atoms with Crippen LogP contribution in [0.4, 0.5) is 0 Å². The van der Waals surface area contributed by atoms with E-state index >= 15 is 0 Å². The minimum atomic E-state index is -0.233. The third kappa shape index (κ3) is 2.92. The zero-order valence-electron chi connectivity index (χ0n) is 8.87. The summed E-state index contributed by atoms with van der Waals surface area (Å²) in [6.07, 6.45) is 0. The fourth-order valence-electron chi connectivity index (χ4n) is 1.14. The van der Waals surface area contributed by atoms with Gasteiger partial charge in [-0.3, -0.25) is 0 Å². The molecule has 0 radical (unpaired) electrons. The van der Waals surface area contributed by atoms with Crippen LogP contribution in [-0.2, 0) is 6.54 Å². The van der Waals surface area contributed by atoms with Crippen molar-refractivity contribution in [3.63, 3.8) is 0 Å². The van der Waals surface area contributed by atoms with Crippen molar-refractivity contribution in [2.75, 3.05) is 0 Å². The van der Waals surface area contributed by atoms with E-state index in [0.717, 1.165) is 5.75 Å². The number of hydrogen-bond acceptors (Lipinski definition) is 3. The Bertz CT molecular complexity index is 316. The lowest BCUT2D eigenvalue weighted by atomic mass is 10.1. The standard InChI is InChI=1S/C11H17NO2/c1-11(2,3)14-9-4-5-10(13)8(6-9)7-12/h4-6,13H,7,12H2,1-3H3. The van der Waals surface area contributed by atoms with E-state index in [1.54, 1.807) is 18.2 Å². The van der Waals surface area contributed by atoms with Gasteiger partial charge in [0.1, 0.15) is 17.1 Å². The summed E-state index contributed by atoms with van der Waals surface area (Å²) in [6, 6.07) is 5.10. The van der Waals surface area contributed by atoms with Crippen LogP contribution in [0.2, 0.25) is 0 Å². The first-order valence-electron chi connectivity index (χ1n) is 4.63. The largest absolute Gasteiger partial charge is 0.508 e. The molecule has 0 aromatic heterocycles. The Morgan fingerprint density at radius 3 is 2.50 bits per heavy atom. The predicted octanol–water partition coefficient (Wildman–Crippen LogP) is 2.03. The van der Waals surface area contributed by atoms with E-state index in [9.17, 15) is 5.11 Å². The Morgan fingerprint density at radius 1 is 1.36 bits per heavy atom. The van der Waals surface area contributed by atoms with Crippen molar-refractivity contribution in [1.82, 2.24) is 0 Å². The van der Waals surface area contributed by atoms with Crippen LogP contribution in [0.25, 0.3) is 0 Å². The van der Waals surface area contributed by atoms with Gasteiger partial charge in [0.05, 0.1) is 0 Å². The third-order valence-corrected chi connectivity index (χ3v) is 1.69. The van der Waals surface area contributed by atoms with Crippen molar-refractivity contribution < 1.29 is 9.84 Å². The lowest BCUT2D eigenvalue weighted by Gasteiger charge is -2.21. The summed E-state index contributed by atoms with van der Waals surface area (Å²) in [5, 5.41) is 9.40. The van der Waals surface area contributed by atoms with Gasteiger partial charge in [0, 0.05) is 12.1 Å². The number of benzene rings is 1. The molecule has 78 valence electrons. The number of rotatable bonds is 2. The van der Waals surface area contributed by atoms with Crippen LogP contribution in [0.5, 0.6) is 11.5 Å². The average Bonchev–Trinajstić information content (AvgIpc) is 2.06. The number of nitrogens with two attached hydrogens (primary N) is 1. The molecule has 0 aliphatic heterocycles.